The smallest absolute Gasteiger partial charge is 0.149 e. The van der Waals surface area contributed by atoms with Crippen LogP contribution in [-0.2, 0) is 21.1 Å². The minimum absolute atomic E-state index is 0.101. The van der Waals surface area contributed by atoms with Crippen LogP contribution in [0.3, 0.4) is 0 Å². The van der Waals surface area contributed by atoms with E-state index in [4.69, 9.17) is 10.5 Å². The summed E-state index contributed by atoms with van der Waals surface area (Å²) in [6.07, 6.45) is 5.52. The average Bonchev–Trinajstić information content (AvgIpc) is 2.95. The van der Waals surface area contributed by atoms with Crippen molar-refractivity contribution in [2.75, 3.05) is 25.2 Å². The molecule has 0 saturated carbocycles. The van der Waals surface area contributed by atoms with Gasteiger partial charge in [0.1, 0.15) is 9.84 Å². The Hall–Kier alpha value is -0.920. The summed E-state index contributed by atoms with van der Waals surface area (Å²) >= 11 is 0. The Balaban J connectivity index is 2.06. The first-order valence-corrected chi connectivity index (χ1v) is 8.04. The van der Waals surface area contributed by atoms with Gasteiger partial charge in [-0.25, -0.2) is 13.4 Å². The van der Waals surface area contributed by atoms with Crippen molar-refractivity contribution in [1.29, 1.82) is 0 Å². The third-order valence-corrected chi connectivity index (χ3v) is 4.19. The van der Waals surface area contributed by atoms with Crippen molar-refractivity contribution in [3.05, 3.63) is 18.2 Å². The van der Waals surface area contributed by atoms with Gasteiger partial charge in [0.25, 0.3) is 0 Å². The molecule has 2 N–H and O–H groups in total. The highest BCUT2D eigenvalue weighted by atomic mass is 32.2. The first kappa shape index (κ1) is 13.5. The molecule has 0 radical (unpaired) electrons. The van der Waals surface area contributed by atoms with Gasteiger partial charge in [0.15, 0.2) is 0 Å². The summed E-state index contributed by atoms with van der Waals surface area (Å²) in [6, 6.07) is -0.144. The molecular formula is C11H19N3O3S. The van der Waals surface area contributed by atoms with Gasteiger partial charge in [0.05, 0.1) is 30.4 Å². The Morgan fingerprint density at radius 1 is 1.67 bits per heavy atom. The highest BCUT2D eigenvalue weighted by Gasteiger charge is 2.26. The zero-order valence-corrected chi connectivity index (χ0v) is 11.3. The molecule has 1 aliphatic rings. The van der Waals surface area contributed by atoms with Gasteiger partial charge in [0, 0.05) is 31.5 Å². The van der Waals surface area contributed by atoms with E-state index in [9.17, 15) is 8.42 Å². The van der Waals surface area contributed by atoms with Gasteiger partial charge in [0.2, 0.25) is 0 Å². The number of imidazole rings is 1. The Morgan fingerprint density at radius 3 is 3.06 bits per heavy atom. The molecule has 2 atom stereocenters. The van der Waals surface area contributed by atoms with Crippen molar-refractivity contribution < 1.29 is 13.2 Å². The first-order valence-electron chi connectivity index (χ1n) is 5.98. The van der Waals surface area contributed by atoms with Crippen LogP contribution in [0.5, 0.6) is 0 Å². The second-order valence-corrected chi connectivity index (χ2v) is 7.05. The van der Waals surface area contributed by atoms with Crippen LogP contribution in [0.4, 0.5) is 0 Å². The van der Waals surface area contributed by atoms with E-state index in [-0.39, 0.29) is 11.8 Å². The lowest BCUT2D eigenvalue weighted by Crippen LogP contribution is -2.25. The molecule has 2 unspecified atom stereocenters. The van der Waals surface area contributed by atoms with Crippen molar-refractivity contribution in [2.24, 2.45) is 11.7 Å². The predicted octanol–water partition coefficient (Wildman–Crippen LogP) is -0.0360. The number of nitrogens with two attached hydrogens (primary N) is 1. The Bertz CT molecular complexity index is 491. The van der Waals surface area contributed by atoms with Crippen molar-refractivity contribution in [3.63, 3.8) is 0 Å². The van der Waals surface area contributed by atoms with Gasteiger partial charge < -0.3 is 15.0 Å². The molecule has 0 bridgehead atoms. The quantitative estimate of drug-likeness (QED) is 0.813. The highest BCUT2D eigenvalue weighted by molar-refractivity contribution is 7.90. The van der Waals surface area contributed by atoms with Gasteiger partial charge >= 0.3 is 0 Å². The number of nitrogens with zero attached hydrogens (tertiary/aromatic N) is 2. The van der Waals surface area contributed by atoms with Crippen LogP contribution in [0, 0.1) is 5.92 Å². The number of ether oxygens (including phenoxy) is 1. The molecule has 102 valence electrons. The largest absolute Gasteiger partial charge is 0.381 e. The van der Waals surface area contributed by atoms with Crippen LogP contribution < -0.4 is 5.73 Å². The lowest BCUT2D eigenvalue weighted by atomic mass is 9.97. The van der Waals surface area contributed by atoms with Gasteiger partial charge in [-0.15, -0.1) is 0 Å². The van der Waals surface area contributed by atoms with Gasteiger partial charge in [-0.3, -0.25) is 0 Å². The Kier molecular flexibility index (Phi) is 4.04. The van der Waals surface area contributed by atoms with Crippen LogP contribution >= 0.6 is 0 Å². The molecule has 7 heteroatoms. The Labute approximate surface area is 107 Å². The molecule has 1 aromatic rings. The van der Waals surface area contributed by atoms with E-state index in [0.717, 1.165) is 18.7 Å². The third kappa shape index (κ3) is 3.30. The minimum atomic E-state index is -2.98. The highest BCUT2D eigenvalue weighted by Crippen LogP contribution is 2.26. The van der Waals surface area contributed by atoms with E-state index >= 15 is 0 Å². The van der Waals surface area contributed by atoms with Gasteiger partial charge in [-0.05, 0) is 6.42 Å². The fourth-order valence-corrected chi connectivity index (χ4v) is 2.67. The van der Waals surface area contributed by atoms with Crippen LogP contribution in [0.25, 0.3) is 0 Å². The summed E-state index contributed by atoms with van der Waals surface area (Å²) in [6.45, 7) is 1.81. The summed E-state index contributed by atoms with van der Waals surface area (Å²) in [5.74, 6) is 0.392. The van der Waals surface area contributed by atoms with Crippen LogP contribution in [-0.4, -0.2) is 43.2 Å². The fourth-order valence-electron chi connectivity index (χ4n) is 2.14. The van der Waals surface area contributed by atoms with E-state index in [2.05, 4.69) is 4.98 Å². The van der Waals surface area contributed by atoms with Crippen molar-refractivity contribution >= 4 is 9.84 Å². The second kappa shape index (κ2) is 5.38. The molecule has 1 fully saturated rings. The minimum Gasteiger partial charge on any atom is -0.381 e. The van der Waals surface area contributed by atoms with Crippen molar-refractivity contribution in [3.8, 4) is 0 Å². The molecule has 2 heterocycles. The molecule has 1 saturated heterocycles. The number of hydrogen-bond acceptors (Lipinski definition) is 5. The number of aryl methyl sites for hydroxylation is 1. The summed E-state index contributed by atoms with van der Waals surface area (Å²) < 4.78 is 29.5. The summed E-state index contributed by atoms with van der Waals surface area (Å²) in [7, 11) is -2.98. The average molecular weight is 273 g/mol. The number of hydrogen-bond donors (Lipinski definition) is 1. The molecule has 18 heavy (non-hydrogen) atoms. The number of rotatable bonds is 5. The monoisotopic (exact) mass is 273 g/mol. The van der Waals surface area contributed by atoms with E-state index < -0.39 is 9.84 Å². The maximum Gasteiger partial charge on any atom is 0.149 e. The van der Waals surface area contributed by atoms with Gasteiger partial charge in [-0.1, -0.05) is 0 Å². The fraction of sp³-hybridized carbons (Fsp3) is 0.727. The molecule has 0 spiro atoms. The van der Waals surface area contributed by atoms with E-state index in [1.165, 1.54) is 6.26 Å². The molecule has 0 aromatic carbocycles. The Morgan fingerprint density at radius 2 is 2.44 bits per heavy atom. The predicted molar refractivity (Wildman–Crippen MR) is 67.8 cm³/mol. The standard InChI is InChI=1S/C11H19N3O3S/c1-18(15,16)5-3-14-8-13-6-10(14)11(12)9-2-4-17-7-9/h6,8-9,11H,2-5,7,12H2,1H3. The zero-order valence-electron chi connectivity index (χ0n) is 10.4. The zero-order chi connectivity index (χ0) is 13.2. The number of aromatic nitrogens is 2. The lowest BCUT2D eigenvalue weighted by molar-refractivity contribution is 0.180. The SMILES string of the molecule is CS(=O)(=O)CCn1cncc1C(N)C1CCOC1. The van der Waals surface area contributed by atoms with Crippen LogP contribution in [0.1, 0.15) is 18.2 Å². The normalized spacial score (nSPS) is 22.2. The first-order chi connectivity index (χ1) is 8.47. The molecule has 1 aliphatic heterocycles. The number of sulfone groups is 1. The van der Waals surface area contributed by atoms with Crippen molar-refractivity contribution in [1.82, 2.24) is 9.55 Å². The van der Waals surface area contributed by atoms with Crippen molar-refractivity contribution in [2.45, 2.75) is 19.0 Å². The molecule has 0 aliphatic carbocycles. The maximum absolute atomic E-state index is 11.2. The lowest BCUT2D eigenvalue weighted by Gasteiger charge is -2.19. The van der Waals surface area contributed by atoms with Crippen LogP contribution in [0.2, 0.25) is 0 Å². The van der Waals surface area contributed by atoms with Crippen LogP contribution in [0.15, 0.2) is 12.5 Å². The molecule has 6 nitrogen and oxygen atoms in total. The van der Waals surface area contributed by atoms with E-state index in [1.54, 1.807) is 12.5 Å². The topological polar surface area (TPSA) is 87.2 Å². The summed E-state index contributed by atoms with van der Waals surface area (Å²) in [4.78, 5) is 4.06. The van der Waals surface area contributed by atoms with E-state index in [0.29, 0.717) is 19.1 Å². The summed E-state index contributed by atoms with van der Waals surface area (Å²) in [5.41, 5.74) is 7.08. The molecular weight excluding hydrogens is 254 g/mol. The van der Waals surface area contributed by atoms with E-state index in [1.807, 2.05) is 4.57 Å². The summed E-state index contributed by atoms with van der Waals surface area (Å²) in [5, 5.41) is 0. The second-order valence-electron chi connectivity index (χ2n) is 4.79. The molecule has 2 rings (SSSR count). The molecule has 0 amide bonds. The third-order valence-electron chi connectivity index (χ3n) is 3.26. The molecule has 1 aromatic heterocycles. The van der Waals surface area contributed by atoms with Gasteiger partial charge in [-0.2, -0.15) is 0 Å². The maximum atomic E-state index is 11.2.